The van der Waals surface area contributed by atoms with E-state index in [4.69, 9.17) is 0 Å². The second-order valence-electron chi connectivity index (χ2n) is 8.40. The van der Waals surface area contributed by atoms with Crippen molar-refractivity contribution in [2.24, 2.45) is 29.1 Å². The number of nitrogens with zero attached hydrogens (tertiary/aromatic N) is 1. The monoisotopic (exact) mass is 304 g/mol. The summed E-state index contributed by atoms with van der Waals surface area (Å²) < 4.78 is 0. The van der Waals surface area contributed by atoms with Crippen molar-refractivity contribution in [3.63, 3.8) is 0 Å². The normalized spacial score (nSPS) is 43.2. The van der Waals surface area contributed by atoms with Gasteiger partial charge in [-0.1, -0.05) is 0 Å². The van der Waals surface area contributed by atoms with Gasteiger partial charge in [-0.3, -0.25) is 9.59 Å². The first kappa shape index (κ1) is 14.5. The molecule has 1 atom stereocenters. The highest BCUT2D eigenvalue weighted by Gasteiger charge is 2.55. The first-order chi connectivity index (χ1) is 10.6. The van der Waals surface area contributed by atoms with E-state index in [1.165, 1.54) is 19.3 Å². The number of likely N-dealkylation sites (tertiary alicyclic amines) is 1. The molecule has 5 fully saturated rings. The summed E-state index contributed by atoms with van der Waals surface area (Å²) in [5, 5.41) is 2.75. The lowest BCUT2D eigenvalue weighted by Gasteiger charge is -2.57. The third kappa shape index (κ3) is 2.26. The van der Waals surface area contributed by atoms with Gasteiger partial charge in [0, 0.05) is 20.1 Å². The Labute approximate surface area is 133 Å². The molecule has 0 spiro atoms. The van der Waals surface area contributed by atoms with Gasteiger partial charge >= 0.3 is 0 Å². The molecule has 1 aliphatic heterocycles. The molecular weight excluding hydrogens is 276 g/mol. The van der Waals surface area contributed by atoms with Gasteiger partial charge in [-0.2, -0.15) is 0 Å². The molecule has 5 aliphatic rings. The Kier molecular flexibility index (Phi) is 3.46. The van der Waals surface area contributed by atoms with Gasteiger partial charge in [-0.05, 0) is 69.1 Å². The zero-order valence-electron chi connectivity index (χ0n) is 13.6. The molecule has 0 aromatic rings. The predicted molar refractivity (Wildman–Crippen MR) is 84.0 cm³/mol. The van der Waals surface area contributed by atoms with Gasteiger partial charge in [-0.15, -0.1) is 0 Å². The summed E-state index contributed by atoms with van der Waals surface area (Å²) in [6, 6.07) is 0. The number of amides is 2. The van der Waals surface area contributed by atoms with Crippen LogP contribution >= 0.6 is 0 Å². The van der Waals surface area contributed by atoms with Gasteiger partial charge in [0.2, 0.25) is 11.8 Å². The zero-order chi connectivity index (χ0) is 15.3. The maximum Gasteiger partial charge on any atom is 0.228 e. The Bertz CT molecular complexity index is 452. The Hall–Kier alpha value is -1.06. The van der Waals surface area contributed by atoms with Crippen LogP contribution in [0.3, 0.4) is 0 Å². The highest BCUT2D eigenvalue weighted by molar-refractivity contribution is 5.85. The van der Waals surface area contributed by atoms with Crippen LogP contribution in [-0.4, -0.2) is 36.9 Å². The number of hydrogen-bond acceptors (Lipinski definition) is 2. The molecule has 4 bridgehead atoms. The third-order valence-electron chi connectivity index (χ3n) is 6.82. The molecule has 0 aromatic heterocycles. The summed E-state index contributed by atoms with van der Waals surface area (Å²) in [4.78, 5) is 27.3. The molecule has 22 heavy (non-hydrogen) atoms. The lowest BCUT2D eigenvalue weighted by Crippen LogP contribution is -2.56. The largest absolute Gasteiger partial charge is 0.359 e. The molecule has 0 unspecified atom stereocenters. The average Bonchev–Trinajstić information content (AvgIpc) is 2.52. The summed E-state index contributed by atoms with van der Waals surface area (Å²) in [5.74, 6) is 2.89. The van der Waals surface area contributed by atoms with Crippen LogP contribution in [0.5, 0.6) is 0 Å². The minimum atomic E-state index is -0.0562. The summed E-state index contributed by atoms with van der Waals surface area (Å²) in [7, 11) is 1.70. The second-order valence-corrected chi connectivity index (χ2v) is 8.40. The summed E-state index contributed by atoms with van der Waals surface area (Å²) in [6.07, 6.45) is 9.37. The molecule has 4 saturated carbocycles. The van der Waals surface area contributed by atoms with E-state index in [-0.39, 0.29) is 17.2 Å². The van der Waals surface area contributed by atoms with E-state index in [2.05, 4.69) is 5.32 Å². The predicted octanol–water partition coefficient (Wildman–Crippen LogP) is 2.19. The van der Waals surface area contributed by atoms with Gasteiger partial charge in [0.05, 0.1) is 11.3 Å². The maximum atomic E-state index is 13.3. The summed E-state index contributed by atoms with van der Waals surface area (Å²) in [6.45, 7) is 1.49. The third-order valence-corrected chi connectivity index (χ3v) is 6.82. The lowest BCUT2D eigenvalue weighted by atomic mass is 9.49. The average molecular weight is 304 g/mol. The van der Waals surface area contributed by atoms with Gasteiger partial charge in [-0.25, -0.2) is 0 Å². The fraction of sp³-hybridized carbons (Fsp3) is 0.889. The van der Waals surface area contributed by atoms with Crippen molar-refractivity contribution >= 4 is 11.8 Å². The topological polar surface area (TPSA) is 49.4 Å². The molecule has 4 heteroatoms. The van der Waals surface area contributed by atoms with Crippen LogP contribution in [0.2, 0.25) is 0 Å². The SMILES string of the molecule is CNC(=O)[C@@H]1CCCN(C(=O)C23CC4CC(CC(C4)C2)C3)C1. The maximum absolute atomic E-state index is 13.3. The van der Waals surface area contributed by atoms with Crippen LogP contribution in [0.15, 0.2) is 0 Å². The molecule has 1 saturated heterocycles. The van der Waals surface area contributed by atoms with Crippen molar-refractivity contribution in [2.45, 2.75) is 51.4 Å². The van der Waals surface area contributed by atoms with Crippen LogP contribution in [0, 0.1) is 29.1 Å². The molecule has 4 nitrogen and oxygen atoms in total. The van der Waals surface area contributed by atoms with Crippen LogP contribution in [0.25, 0.3) is 0 Å². The fourth-order valence-electron chi connectivity index (χ4n) is 6.29. The van der Waals surface area contributed by atoms with Gasteiger partial charge in [0.25, 0.3) is 0 Å². The van der Waals surface area contributed by atoms with E-state index in [1.54, 1.807) is 7.05 Å². The van der Waals surface area contributed by atoms with E-state index in [1.807, 2.05) is 4.90 Å². The highest BCUT2D eigenvalue weighted by atomic mass is 16.2. The fourth-order valence-corrected chi connectivity index (χ4v) is 6.29. The smallest absolute Gasteiger partial charge is 0.228 e. The van der Waals surface area contributed by atoms with Crippen molar-refractivity contribution in [3.8, 4) is 0 Å². The van der Waals surface area contributed by atoms with E-state index < -0.39 is 0 Å². The molecular formula is C18H28N2O2. The van der Waals surface area contributed by atoms with E-state index in [9.17, 15) is 9.59 Å². The quantitative estimate of drug-likeness (QED) is 0.850. The van der Waals surface area contributed by atoms with Crippen molar-refractivity contribution < 1.29 is 9.59 Å². The number of carbonyl (C=O) groups excluding carboxylic acids is 2. The van der Waals surface area contributed by atoms with Crippen molar-refractivity contribution in [2.75, 3.05) is 20.1 Å². The van der Waals surface area contributed by atoms with Crippen LogP contribution < -0.4 is 5.32 Å². The van der Waals surface area contributed by atoms with Crippen LogP contribution in [-0.2, 0) is 9.59 Å². The molecule has 5 rings (SSSR count). The zero-order valence-corrected chi connectivity index (χ0v) is 13.6. The molecule has 1 N–H and O–H groups in total. The van der Waals surface area contributed by atoms with Crippen LogP contribution in [0.1, 0.15) is 51.4 Å². The van der Waals surface area contributed by atoms with E-state index >= 15 is 0 Å². The molecule has 1 heterocycles. The van der Waals surface area contributed by atoms with Crippen molar-refractivity contribution in [1.82, 2.24) is 10.2 Å². The van der Waals surface area contributed by atoms with Crippen LogP contribution in [0.4, 0.5) is 0 Å². The number of nitrogens with one attached hydrogen (secondary N) is 1. The minimum absolute atomic E-state index is 0.00314. The van der Waals surface area contributed by atoms with E-state index in [0.29, 0.717) is 12.5 Å². The number of piperidine rings is 1. The number of rotatable bonds is 2. The first-order valence-corrected chi connectivity index (χ1v) is 9.10. The number of hydrogen-bond donors (Lipinski definition) is 1. The molecule has 2 amide bonds. The van der Waals surface area contributed by atoms with Gasteiger partial charge in [0.1, 0.15) is 0 Å². The Morgan fingerprint density at radius 2 is 1.64 bits per heavy atom. The Morgan fingerprint density at radius 3 is 2.18 bits per heavy atom. The standard InChI is InChI=1S/C18H28N2O2/c1-19-16(21)15-3-2-4-20(11-15)17(22)18-8-12-5-13(9-18)7-14(6-12)10-18/h12-15H,2-11H2,1H3,(H,19,21)/t12?,13?,14?,15-,18?/m1/s1. The summed E-state index contributed by atoms with van der Waals surface area (Å²) >= 11 is 0. The van der Waals surface area contributed by atoms with E-state index in [0.717, 1.165) is 56.4 Å². The Morgan fingerprint density at radius 1 is 1.05 bits per heavy atom. The first-order valence-electron chi connectivity index (χ1n) is 9.10. The highest BCUT2D eigenvalue weighted by Crippen LogP contribution is 2.60. The van der Waals surface area contributed by atoms with Crippen molar-refractivity contribution in [1.29, 1.82) is 0 Å². The van der Waals surface area contributed by atoms with Gasteiger partial charge < -0.3 is 10.2 Å². The number of carbonyl (C=O) groups is 2. The molecule has 0 aromatic carbocycles. The Balaban J connectivity index is 1.50. The molecule has 0 radical (unpaired) electrons. The van der Waals surface area contributed by atoms with Crippen molar-refractivity contribution in [3.05, 3.63) is 0 Å². The summed E-state index contributed by atoms with van der Waals surface area (Å²) in [5.41, 5.74) is -0.0562. The molecule has 4 aliphatic carbocycles. The lowest BCUT2D eigenvalue weighted by molar-refractivity contribution is -0.160. The van der Waals surface area contributed by atoms with Gasteiger partial charge in [0.15, 0.2) is 0 Å². The second kappa shape index (κ2) is 5.24. The minimum Gasteiger partial charge on any atom is -0.359 e. The molecule has 122 valence electrons.